The monoisotopic (exact) mass is 912 g/mol. The molecule has 1 amide bonds. The number of anilines is 2. The lowest BCUT2D eigenvalue weighted by molar-refractivity contribution is -0.384. The van der Waals surface area contributed by atoms with E-state index in [1.807, 2.05) is 67.7 Å². The minimum absolute atomic E-state index is 0.139. The molecule has 16 heteroatoms. The summed E-state index contributed by atoms with van der Waals surface area (Å²) in [7, 11) is -1.11. The molecule has 1 atom stereocenters. The summed E-state index contributed by atoms with van der Waals surface area (Å²) in [5.74, 6) is -0.495. The van der Waals surface area contributed by atoms with Crippen LogP contribution in [0.4, 0.5) is 17.1 Å². The van der Waals surface area contributed by atoms with Gasteiger partial charge in [0.2, 0.25) is 0 Å². The van der Waals surface area contributed by atoms with Crippen LogP contribution in [0.3, 0.4) is 0 Å². The lowest BCUT2D eigenvalue weighted by Crippen LogP contribution is -2.46. The number of amides is 1. The third-order valence-corrected chi connectivity index (χ3v) is 13.7. The van der Waals surface area contributed by atoms with E-state index in [1.165, 1.54) is 30.4 Å². The first-order valence-electron chi connectivity index (χ1n) is 20.8. The molecule has 0 radical (unpaired) electrons. The first-order chi connectivity index (χ1) is 30.4. The van der Waals surface area contributed by atoms with E-state index >= 15 is 0 Å². The van der Waals surface area contributed by atoms with Gasteiger partial charge in [-0.1, -0.05) is 66.2 Å². The van der Waals surface area contributed by atoms with Gasteiger partial charge in [0, 0.05) is 78.2 Å². The maximum absolute atomic E-state index is 13.5. The minimum atomic E-state index is -4.47. The molecule has 1 aliphatic rings. The van der Waals surface area contributed by atoms with E-state index in [4.69, 9.17) is 16.3 Å². The molecule has 0 aromatic heterocycles. The van der Waals surface area contributed by atoms with Crippen LogP contribution in [0.25, 0.3) is 11.1 Å². The summed E-state index contributed by atoms with van der Waals surface area (Å²) in [6.07, 6.45) is 2.52. The van der Waals surface area contributed by atoms with Crippen molar-refractivity contribution in [2.24, 2.45) is 0 Å². The Morgan fingerprint density at radius 1 is 0.889 bits per heavy atom. The van der Waals surface area contributed by atoms with E-state index in [1.54, 1.807) is 36.0 Å². The number of rotatable bonds is 21. The number of halogens is 1. The molecule has 1 saturated heterocycles. The molecule has 5 aromatic carbocycles. The Kier molecular flexibility index (Phi) is 17.0. The van der Waals surface area contributed by atoms with Crippen molar-refractivity contribution in [1.29, 1.82) is 0 Å². The average Bonchev–Trinajstić information content (AvgIpc) is 3.29. The van der Waals surface area contributed by atoms with Gasteiger partial charge < -0.3 is 19.9 Å². The van der Waals surface area contributed by atoms with E-state index in [0.29, 0.717) is 36.6 Å². The Hall–Kier alpha value is -5.45. The molecule has 5 aromatic rings. The molecule has 0 bridgehead atoms. The van der Waals surface area contributed by atoms with Crippen LogP contribution < -0.4 is 14.9 Å². The number of esters is 1. The highest BCUT2D eigenvalue weighted by atomic mass is 35.5. The molecule has 332 valence electrons. The number of hydrogen-bond donors (Lipinski definition) is 2. The molecule has 0 spiro atoms. The molecule has 6 rings (SSSR count). The molecule has 0 saturated carbocycles. The van der Waals surface area contributed by atoms with Crippen molar-refractivity contribution in [1.82, 2.24) is 14.5 Å². The summed E-state index contributed by atoms with van der Waals surface area (Å²) < 4.78 is 33.8. The number of piperazine rings is 1. The molecule has 1 aliphatic heterocycles. The lowest BCUT2D eigenvalue weighted by atomic mass is 9.99. The Morgan fingerprint density at radius 3 is 2.29 bits per heavy atom. The number of nitro groups is 1. The van der Waals surface area contributed by atoms with Gasteiger partial charge in [-0.05, 0) is 117 Å². The van der Waals surface area contributed by atoms with Gasteiger partial charge >= 0.3 is 5.97 Å². The van der Waals surface area contributed by atoms with E-state index in [-0.39, 0.29) is 23.3 Å². The van der Waals surface area contributed by atoms with E-state index < -0.39 is 31.4 Å². The molecule has 13 nitrogen and oxygen atoms in total. The smallest absolute Gasteiger partial charge is 0.305 e. The van der Waals surface area contributed by atoms with Gasteiger partial charge in [0.15, 0.2) is 0 Å². The van der Waals surface area contributed by atoms with Crippen LogP contribution >= 0.6 is 23.4 Å². The summed E-state index contributed by atoms with van der Waals surface area (Å²) in [6.45, 7) is 5.46. The quantitative estimate of drug-likeness (QED) is 0.0238. The van der Waals surface area contributed by atoms with Gasteiger partial charge in [0.25, 0.3) is 21.6 Å². The fourth-order valence-electron chi connectivity index (χ4n) is 7.36. The molecule has 1 fully saturated rings. The average molecular weight is 914 g/mol. The maximum Gasteiger partial charge on any atom is 0.305 e. The van der Waals surface area contributed by atoms with Crippen LogP contribution in [0.2, 0.25) is 5.02 Å². The number of hydrogen-bond acceptors (Lipinski definition) is 12. The second-order valence-corrected chi connectivity index (χ2v) is 18.6. The number of benzene rings is 5. The van der Waals surface area contributed by atoms with Gasteiger partial charge in [-0.3, -0.25) is 24.6 Å². The van der Waals surface area contributed by atoms with Crippen LogP contribution in [0.15, 0.2) is 131 Å². The number of carbonyl (C=O) groups is 2. The molecule has 0 unspecified atom stereocenters. The zero-order valence-electron chi connectivity index (χ0n) is 35.5. The van der Waals surface area contributed by atoms with Gasteiger partial charge in [-0.25, -0.2) is 13.1 Å². The number of unbranched alkanes of at least 4 members (excludes halogenated alkanes) is 1. The van der Waals surface area contributed by atoms with Gasteiger partial charge in [0.1, 0.15) is 5.69 Å². The zero-order chi connectivity index (χ0) is 44.8. The largest absolute Gasteiger partial charge is 0.469 e. The van der Waals surface area contributed by atoms with Crippen LogP contribution in [0, 0.1) is 10.1 Å². The van der Waals surface area contributed by atoms with Crippen molar-refractivity contribution < 1.29 is 27.7 Å². The highest BCUT2D eigenvalue weighted by Gasteiger charge is 2.26. The number of carbonyl (C=O) groups excluding carboxylic acids is 2. The fourth-order valence-corrected chi connectivity index (χ4v) is 9.47. The molecular weight excluding hydrogens is 860 g/mol. The first kappa shape index (κ1) is 47.0. The van der Waals surface area contributed by atoms with Crippen LogP contribution in [0.5, 0.6) is 0 Å². The summed E-state index contributed by atoms with van der Waals surface area (Å²) in [6, 6.07) is 36.2. The van der Waals surface area contributed by atoms with E-state index in [9.17, 15) is 28.1 Å². The number of nitro benzene ring substituents is 1. The molecule has 2 N–H and O–H groups in total. The van der Waals surface area contributed by atoms with Gasteiger partial charge in [-0.2, -0.15) is 0 Å². The zero-order valence-corrected chi connectivity index (χ0v) is 37.8. The normalized spacial score (nSPS) is 13.7. The Balaban J connectivity index is 1.05. The summed E-state index contributed by atoms with van der Waals surface area (Å²) in [5.41, 5.74) is 4.33. The molecule has 63 heavy (non-hydrogen) atoms. The van der Waals surface area contributed by atoms with Crippen molar-refractivity contribution >= 4 is 62.3 Å². The number of thioether (sulfide) groups is 1. The predicted octanol–water partition coefficient (Wildman–Crippen LogP) is 8.59. The van der Waals surface area contributed by atoms with Crippen molar-refractivity contribution in [3.63, 3.8) is 0 Å². The molecular formula is C47H53ClN6O7S2. The van der Waals surface area contributed by atoms with Crippen molar-refractivity contribution in [3.8, 4) is 11.1 Å². The number of nitrogens with zero attached hydrogens (tertiary/aromatic N) is 4. The predicted molar refractivity (Wildman–Crippen MR) is 251 cm³/mol. The Labute approximate surface area is 379 Å². The SMILES string of the molecule is COC(=O)CCCCN(C)CC[C@H](CSc1ccccc1)Nc1ccc(S(=O)(=O)NC(=O)c2ccc(N3CCN(Cc4ccccc4-c4ccc(Cl)cc4)CC3)cc2)cc1[N+](=O)[O-]. The Bertz CT molecular complexity index is 2420. The summed E-state index contributed by atoms with van der Waals surface area (Å²) in [5, 5.41) is 16.4. The topological polar surface area (TPSA) is 154 Å². The third kappa shape index (κ3) is 13.8. The van der Waals surface area contributed by atoms with Gasteiger partial charge in [-0.15, -0.1) is 11.8 Å². The van der Waals surface area contributed by atoms with Crippen molar-refractivity contribution in [2.75, 3.05) is 69.4 Å². The second kappa shape index (κ2) is 22.8. The standard InChI is InChI=1S/C47H53ClN6O7S2/c1-51(26-9-8-14-46(55)61-2)27-25-39(34-62-41-11-4-3-5-12-41)49-44-24-23-42(32-45(44)54(57)58)63(59,60)50-47(56)36-17-21-40(22-18-36)53-30-28-52(29-31-53)33-37-10-6-7-13-43(37)35-15-19-38(48)20-16-35/h3-7,10-13,15-24,32,39,49H,8-9,14,25-31,33-34H2,1-2H3,(H,50,56)/t39-/m1/s1. The highest BCUT2D eigenvalue weighted by Crippen LogP contribution is 2.31. The number of nitrogens with one attached hydrogen (secondary N) is 2. The molecule has 1 heterocycles. The fraction of sp³-hybridized carbons (Fsp3) is 0.319. The van der Waals surface area contributed by atoms with Crippen molar-refractivity contribution in [2.45, 2.75) is 48.1 Å². The van der Waals surface area contributed by atoms with Crippen LogP contribution in [0.1, 0.15) is 41.6 Å². The summed E-state index contributed by atoms with van der Waals surface area (Å²) in [4.78, 5) is 43.9. The summed E-state index contributed by atoms with van der Waals surface area (Å²) >= 11 is 7.73. The third-order valence-electron chi connectivity index (χ3n) is 10.9. The second-order valence-electron chi connectivity index (χ2n) is 15.4. The van der Waals surface area contributed by atoms with Crippen LogP contribution in [-0.2, 0) is 26.1 Å². The number of methoxy groups -OCH3 is 1. The van der Waals surface area contributed by atoms with E-state index in [2.05, 4.69) is 42.9 Å². The van der Waals surface area contributed by atoms with Crippen LogP contribution in [-0.4, -0.2) is 100 Å². The Morgan fingerprint density at radius 2 is 1.59 bits per heavy atom. The highest BCUT2D eigenvalue weighted by molar-refractivity contribution is 7.99. The molecule has 0 aliphatic carbocycles. The lowest BCUT2D eigenvalue weighted by Gasteiger charge is -2.36. The van der Waals surface area contributed by atoms with Crippen molar-refractivity contribution in [3.05, 3.63) is 148 Å². The minimum Gasteiger partial charge on any atom is -0.469 e. The maximum atomic E-state index is 13.5. The number of sulfonamides is 1. The van der Waals surface area contributed by atoms with E-state index in [0.717, 1.165) is 67.9 Å². The number of ether oxygens (including phenoxy) is 1. The van der Waals surface area contributed by atoms with Gasteiger partial charge in [0.05, 0.1) is 16.9 Å². The first-order valence-corrected chi connectivity index (χ1v) is 23.7.